The first-order valence-corrected chi connectivity index (χ1v) is 7.49. The first kappa shape index (κ1) is 13.8. The third-order valence-electron chi connectivity index (χ3n) is 5.20. The molecule has 1 aliphatic heterocycles. The van der Waals surface area contributed by atoms with Crippen molar-refractivity contribution in [1.29, 1.82) is 5.26 Å². The third kappa shape index (κ3) is 2.29. The monoisotopic (exact) mass is 250 g/mol. The lowest BCUT2D eigenvalue weighted by Crippen LogP contribution is -2.59. The molecule has 2 fully saturated rings. The van der Waals surface area contributed by atoms with Crippen LogP contribution in [0, 0.1) is 22.7 Å². The van der Waals surface area contributed by atoms with Crippen LogP contribution in [0.25, 0.3) is 0 Å². The molecule has 0 radical (unpaired) electrons. The molecule has 102 valence electrons. The summed E-state index contributed by atoms with van der Waals surface area (Å²) in [5.41, 5.74) is -1.29. The predicted octanol–water partition coefficient (Wildman–Crippen LogP) is 2.60. The van der Waals surface area contributed by atoms with Crippen LogP contribution in [0.1, 0.15) is 58.3 Å². The highest BCUT2D eigenvalue weighted by Crippen LogP contribution is 2.48. The smallest absolute Gasteiger partial charge is 0.0882 e. The van der Waals surface area contributed by atoms with Crippen molar-refractivity contribution in [3.63, 3.8) is 0 Å². The van der Waals surface area contributed by atoms with E-state index in [2.05, 4.69) is 18.3 Å². The SMILES string of the molecule is CC1CNCCC1(O)C1(C#N)CCCCCCC1. The fourth-order valence-electron chi connectivity index (χ4n) is 3.87. The van der Waals surface area contributed by atoms with Crippen molar-refractivity contribution in [3.8, 4) is 6.07 Å². The Hall–Kier alpha value is -0.590. The molecule has 1 saturated heterocycles. The van der Waals surface area contributed by atoms with Gasteiger partial charge < -0.3 is 10.4 Å². The van der Waals surface area contributed by atoms with E-state index in [-0.39, 0.29) is 5.92 Å². The highest BCUT2D eigenvalue weighted by molar-refractivity contribution is 5.14. The summed E-state index contributed by atoms with van der Waals surface area (Å²) in [6.07, 6.45) is 8.39. The van der Waals surface area contributed by atoms with Crippen molar-refractivity contribution in [3.05, 3.63) is 0 Å². The zero-order valence-corrected chi connectivity index (χ0v) is 11.5. The van der Waals surface area contributed by atoms with Gasteiger partial charge in [-0.25, -0.2) is 0 Å². The molecule has 3 heteroatoms. The molecule has 0 spiro atoms. The van der Waals surface area contributed by atoms with Crippen LogP contribution in [0.2, 0.25) is 0 Å². The number of aliphatic hydroxyl groups is 1. The van der Waals surface area contributed by atoms with Crippen LogP contribution < -0.4 is 5.32 Å². The quantitative estimate of drug-likeness (QED) is 0.752. The van der Waals surface area contributed by atoms with Gasteiger partial charge in [0.1, 0.15) is 0 Å². The van der Waals surface area contributed by atoms with E-state index >= 15 is 0 Å². The molecule has 0 aromatic heterocycles. The predicted molar refractivity (Wildman–Crippen MR) is 72.0 cm³/mol. The van der Waals surface area contributed by atoms with E-state index < -0.39 is 11.0 Å². The number of rotatable bonds is 1. The fraction of sp³-hybridized carbons (Fsp3) is 0.933. The van der Waals surface area contributed by atoms with Crippen LogP contribution in [0.5, 0.6) is 0 Å². The highest BCUT2D eigenvalue weighted by Gasteiger charge is 2.53. The zero-order valence-electron chi connectivity index (χ0n) is 11.5. The van der Waals surface area contributed by atoms with Gasteiger partial charge in [-0.2, -0.15) is 5.26 Å². The van der Waals surface area contributed by atoms with Gasteiger partial charge in [0.15, 0.2) is 0 Å². The summed E-state index contributed by atoms with van der Waals surface area (Å²) in [5, 5.41) is 24.3. The normalized spacial score (nSPS) is 37.3. The molecule has 18 heavy (non-hydrogen) atoms. The van der Waals surface area contributed by atoms with Crippen molar-refractivity contribution >= 4 is 0 Å². The lowest BCUT2D eigenvalue weighted by Gasteiger charge is -2.50. The lowest BCUT2D eigenvalue weighted by molar-refractivity contribution is -0.122. The van der Waals surface area contributed by atoms with E-state index in [4.69, 9.17) is 0 Å². The maximum Gasteiger partial charge on any atom is 0.0882 e. The molecule has 2 atom stereocenters. The van der Waals surface area contributed by atoms with E-state index in [1.165, 1.54) is 19.3 Å². The van der Waals surface area contributed by atoms with E-state index in [1.807, 2.05) is 0 Å². The van der Waals surface area contributed by atoms with Crippen LogP contribution in [0.15, 0.2) is 0 Å². The Morgan fingerprint density at radius 3 is 2.28 bits per heavy atom. The summed E-state index contributed by atoms with van der Waals surface area (Å²) in [6.45, 7) is 3.76. The third-order valence-corrected chi connectivity index (χ3v) is 5.20. The minimum Gasteiger partial charge on any atom is -0.388 e. The molecule has 0 aromatic carbocycles. The molecule has 1 heterocycles. The molecule has 0 aromatic rings. The van der Waals surface area contributed by atoms with Gasteiger partial charge in [0.2, 0.25) is 0 Å². The Morgan fingerprint density at radius 1 is 1.11 bits per heavy atom. The van der Waals surface area contributed by atoms with Gasteiger partial charge in [-0.1, -0.05) is 39.0 Å². The van der Waals surface area contributed by atoms with Gasteiger partial charge >= 0.3 is 0 Å². The van der Waals surface area contributed by atoms with Crippen molar-refractivity contribution in [1.82, 2.24) is 5.32 Å². The lowest BCUT2D eigenvalue weighted by atomic mass is 9.59. The van der Waals surface area contributed by atoms with Crippen LogP contribution in [-0.4, -0.2) is 23.8 Å². The molecule has 2 rings (SSSR count). The highest BCUT2D eigenvalue weighted by atomic mass is 16.3. The van der Waals surface area contributed by atoms with Crippen molar-refractivity contribution in [2.24, 2.45) is 11.3 Å². The maximum absolute atomic E-state index is 11.2. The molecular formula is C15H26N2O. The molecule has 2 unspecified atom stereocenters. The van der Waals surface area contributed by atoms with Crippen LogP contribution >= 0.6 is 0 Å². The van der Waals surface area contributed by atoms with E-state index in [0.717, 1.165) is 45.2 Å². The number of nitriles is 1. The fourth-order valence-corrected chi connectivity index (χ4v) is 3.87. The van der Waals surface area contributed by atoms with Crippen molar-refractivity contribution in [2.45, 2.75) is 63.9 Å². The van der Waals surface area contributed by atoms with Gasteiger partial charge in [0.05, 0.1) is 17.1 Å². The van der Waals surface area contributed by atoms with E-state index in [9.17, 15) is 10.4 Å². The Bertz CT molecular complexity index is 315. The Morgan fingerprint density at radius 2 is 1.72 bits per heavy atom. The molecular weight excluding hydrogens is 224 g/mol. The molecule has 0 amide bonds. The molecule has 2 aliphatic rings. The molecule has 1 saturated carbocycles. The van der Waals surface area contributed by atoms with Crippen LogP contribution in [0.3, 0.4) is 0 Å². The number of hydrogen-bond donors (Lipinski definition) is 2. The minimum atomic E-state index is -0.787. The number of hydrogen-bond acceptors (Lipinski definition) is 3. The first-order chi connectivity index (χ1) is 8.65. The van der Waals surface area contributed by atoms with E-state index in [1.54, 1.807) is 0 Å². The van der Waals surface area contributed by atoms with Gasteiger partial charge in [-0.05, 0) is 31.7 Å². The van der Waals surface area contributed by atoms with E-state index in [0.29, 0.717) is 0 Å². The molecule has 3 nitrogen and oxygen atoms in total. The largest absolute Gasteiger partial charge is 0.388 e. The molecule has 1 aliphatic carbocycles. The van der Waals surface area contributed by atoms with Crippen molar-refractivity contribution < 1.29 is 5.11 Å². The summed E-state index contributed by atoms with van der Waals surface area (Å²) >= 11 is 0. The summed E-state index contributed by atoms with van der Waals surface area (Å²) in [7, 11) is 0. The van der Waals surface area contributed by atoms with Gasteiger partial charge in [0.25, 0.3) is 0 Å². The second-order valence-corrected chi connectivity index (χ2v) is 6.24. The topological polar surface area (TPSA) is 56.0 Å². The average molecular weight is 250 g/mol. The second kappa shape index (κ2) is 5.59. The average Bonchev–Trinajstić information content (AvgIpc) is 2.33. The summed E-state index contributed by atoms with van der Waals surface area (Å²) in [5.74, 6) is 0.172. The van der Waals surface area contributed by atoms with Gasteiger partial charge in [-0.15, -0.1) is 0 Å². The van der Waals surface area contributed by atoms with Gasteiger partial charge in [0, 0.05) is 6.54 Å². The minimum absolute atomic E-state index is 0.172. The number of nitrogens with zero attached hydrogens (tertiary/aromatic N) is 1. The van der Waals surface area contributed by atoms with Crippen LogP contribution in [0.4, 0.5) is 0 Å². The van der Waals surface area contributed by atoms with Crippen LogP contribution in [-0.2, 0) is 0 Å². The number of nitrogens with one attached hydrogen (secondary N) is 1. The maximum atomic E-state index is 11.2. The van der Waals surface area contributed by atoms with Crippen molar-refractivity contribution in [2.75, 3.05) is 13.1 Å². The number of piperidine rings is 1. The first-order valence-electron chi connectivity index (χ1n) is 7.49. The second-order valence-electron chi connectivity index (χ2n) is 6.24. The summed E-state index contributed by atoms with van der Waals surface area (Å²) in [4.78, 5) is 0. The molecule has 0 bridgehead atoms. The standard InChI is InChI=1S/C15H26N2O/c1-13-11-17-10-9-15(13,18)14(12-16)7-5-3-2-4-6-8-14/h13,17-18H,2-11H2,1H3. The summed E-state index contributed by atoms with van der Waals surface area (Å²) < 4.78 is 0. The zero-order chi connectivity index (χ0) is 13.1. The van der Waals surface area contributed by atoms with Gasteiger partial charge in [-0.3, -0.25) is 0 Å². The Labute approximate surface area is 111 Å². The Balaban J connectivity index is 2.25. The molecule has 2 N–H and O–H groups in total. The Kier molecular flexibility index (Phi) is 4.29. The summed E-state index contributed by atoms with van der Waals surface area (Å²) in [6, 6.07) is 2.55.